The molecule has 0 amide bonds. The molecule has 1 aromatic heterocycles. The third kappa shape index (κ3) is 4.51. The molecule has 1 fully saturated rings. The van der Waals surface area contributed by atoms with Crippen molar-refractivity contribution in [1.82, 2.24) is 20.9 Å². The minimum absolute atomic E-state index is 0.482. The van der Waals surface area contributed by atoms with Gasteiger partial charge in [-0.05, 0) is 12.8 Å². The second kappa shape index (κ2) is 7.08. The minimum Gasteiger partial charge on any atom is -0.353 e. The normalized spacial score (nSPS) is 17.5. The van der Waals surface area contributed by atoms with Crippen molar-refractivity contribution in [1.29, 1.82) is 0 Å². The lowest BCUT2D eigenvalue weighted by Gasteiger charge is -2.24. The van der Waals surface area contributed by atoms with E-state index in [1.54, 1.807) is 6.92 Å². The summed E-state index contributed by atoms with van der Waals surface area (Å²) < 4.78 is 4.90. The molecule has 0 spiro atoms. The van der Waals surface area contributed by atoms with Gasteiger partial charge in [-0.1, -0.05) is 24.4 Å². The van der Waals surface area contributed by atoms with E-state index in [1.807, 2.05) is 0 Å². The van der Waals surface area contributed by atoms with Crippen LogP contribution in [0.2, 0.25) is 0 Å². The van der Waals surface area contributed by atoms with Crippen LogP contribution in [-0.4, -0.2) is 28.7 Å². The van der Waals surface area contributed by atoms with Crippen LogP contribution in [0.3, 0.4) is 0 Å². The molecule has 1 aliphatic carbocycles. The van der Waals surface area contributed by atoms with Crippen molar-refractivity contribution >= 4 is 5.96 Å². The molecular formula is C12H22N6O. The lowest BCUT2D eigenvalue weighted by molar-refractivity contribution is 0.387. The fourth-order valence-corrected chi connectivity index (χ4v) is 2.28. The summed E-state index contributed by atoms with van der Waals surface area (Å²) in [6.07, 6.45) is 6.90. The van der Waals surface area contributed by atoms with Gasteiger partial charge in [0, 0.05) is 19.4 Å². The first kappa shape index (κ1) is 13.8. The Morgan fingerprint density at radius 2 is 2.21 bits per heavy atom. The van der Waals surface area contributed by atoms with E-state index < -0.39 is 0 Å². The van der Waals surface area contributed by atoms with Crippen LogP contribution >= 0.6 is 0 Å². The van der Waals surface area contributed by atoms with Gasteiger partial charge < -0.3 is 9.84 Å². The Morgan fingerprint density at radius 3 is 2.84 bits per heavy atom. The summed E-state index contributed by atoms with van der Waals surface area (Å²) in [5.74, 6) is 7.38. The molecular weight excluding hydrogens is 244 g/mol. The van der Waals surface area contributed by atoms with Crippen molar-refractivity contribution in [2.24, 2.45) is 10.8 Å². The third-order valence-electron chi connectivity index (χ3n) is 3.26. The van der Waals surface area contributed by atoms with E-state index in [4.69, 9.17) is 10.4 Å². The van der Waals surface area contributed by atoms with E-state index in [-0.39, 0.29) is 0 Å². The van der Waals surface area contributed by atoms with E-state index in [9.17, 15) is 0 Å². The predicted molar refractivity (Wildman–Crippen MR) is 72.4 cm³/mol. The number of hydrogen-bond donors (Lipinski definition) is 3. The molecule has 4 N–H and O–H groups in total. The summed E-state index contributed by atoms with van der Waals surface area (Å²) in [7, 11) is 0. The number of hydrogen-bond acceptors (Lipinski definition) is 5. The Bertz CT molecular complexity index is 410. The first-order valence-corrected chi connectivity index (χ1v) is 6.84. The molecule has 0 bridgehead atoms. The van der Waals surface area contributed by atoms with Crippen molar-refractivity contribution in [2.75, 3.05) is 6.54 Å². The second-order valence-electron chi connectivity index (χ2n) is 4.83. The van der Waals surface area contributed by atoms with Crippen LogP contribution in [0.1, 0.15) is 43.8 Å². The van der Waals surface area contributed by atoms with E-state index in [1.165, 1.54) is 32.1 Å². The molecule has 1 heterocycles. The van der Waals surface area contributed by atoms with E-state index in [0.29, 0.717) is 36.7 Å². The summed E-state index contributed by atoms with van der Waals surface area (Å²) in [6.45, 7) is 2.36. The van der Waals surface area contributed by atoms with Crippen LogP contribution in [0.5, 0.6) is 0 Å². The number of nitrogens with two attached hydrogens (primary N) is 1. The van der Waals surface area contributed by atoms with Gasteiger partial charge >= 0.3 is 0 Å². The van der Waals surface area contributed by atoms with E-state index in [0.717, 1.165) is 0 Å². The number of aliphatic imine (C=N–C) groups is 1. The van der Waals surface area contributed by atoms with Crippen LogP contribution < -0.4 is 16.6 Å². The number of aromatic nitrogens is 2. The van der Waals surface area contributed by atoms with Gasteiger partial charge in [-0.2, -0.15) is 4.98 Å². The van der Waals surface area contributed by atoms with Gasteiger partial charge in [0.05, 0.1) is 6.54 Å². The molecule has 1 saturated carbocycles. The molecule has 7 nitrogen and oxygen atoms in total. The molecule has 1 aliphatic rings. The summed E-state index contributed by atoms with van der Waals surface area (Å²) in [4.78, 5) is 8.52. The lowest BCUT2D eigenvalue weighted by atomic mass is 9.96. The number of aryl methyl sites for hydroxylation is 1. The van der Waals surface area contributed by atoms with Crippen molar-refractivity contribution in [3.8, 4) is 0 Å². The van der Waals surface area contributed by atoms with Gasteiger partial charge in [0.25, 0.3) is 0 Å². The van der Waals surface area contributed by atoms with Crippen molar-refractivity contribution in [3.63, 3.8) is 0 Å². The van der Waals surface area contributed by atoms with Gasteiger partial charge in [0.15, 0.2) is 5.82 Å². The molecule has 0 aromatic carbocycles. The molecule has 7 heteroatoms. The maximum Gasteiger partial charge on any atom is 0.223 e. The number of hydrazine groups is 1. The molecule has 0 saturated heterocycles. The summed E-state index contributed by atoms with van der Waals surface area (Å²) in [5, 5.41) is 7.17. The average molecular weight is 266 g/mol. The van der Waals surface area contributed by atoms with Crippen molar-refractivity contribution in [3.05, 3.63) is 11.7 Å². The molecule has 106 valence electrons. The minimum atomic E-state index is 0.482. The molecule has 0 atom stereocenters. The Kier molecular flexibility index (Phi) is 5.14. The molecule has 0 aliphatic heterocycles. The lowest BCUT2D eigenvalue weighted by Crippen LogP contribution is -2.47. The maximum atomic E-state index is 5.48. The second-order valence-corrected chi connectivity index (χ2v) is 4.83. The smallest absolute Gasteiger partial charge is 0.223 e. The van der Waals surface area contributed by atoms with Crippen LogP contribution in [-0.2, 0) is 6.42 Å². The van der Waals surface area contributed by atoms with Gasteiger partial charge in [-0.15, -0.1) is 0 Å². The van der Waals surface area contributed by atoms with Gasteiger partial charge in [0.2, 0.25) is 11.9 Å². The SMILES string of the molecule is Cc1nc(CCN=C(NN)NC2CCCCC2)no1. The Balaban J connectivity index is 1.77. The zero-order chi connectivity index (χ0) is 13.5. The topological polar surface area (TPSA) is 101 Å². The van der Waals surface area contributed by atoms with Crippen LogP contribution in [0.15, 0.2) is 9.52 Å². The van der Waals surface area contributed by atoms with Crippen molar-refractivity contribution in [2.45, 2.75) is 51.5 Å². The number of nitrogens with one attached hydrogen (secondary N) is 2. The summed E-state index contributed by atoms with van der Waals surface area (Å²) >= 11 is 0. The Labute approximate surface area is 113 Å². The molecule has 19 heavy (non-hydrogen) atoms. The van der Waals surface area contributed by atoms with Crippen LogP contribution in [0.4, 0.5) is 0 Å². The zero-order valence-electron chi connectivity index (χ0n) is 11.4. The van der Waals surface area contributed by atoms with Gasteiger partial charge in [-0.3, -0.25) is 10.4 Å². The summed E-state index contributed by atoms with van der Waals surface area (Å²) in [6, 6.07) is 0.482. The number of nitrogens with zero attached hydrogens (tertiary/aromatic N) is 3. The Hall–Kier alpha value is -1.63. The highest BCUT2D eigenvalue weighted by Gasteiger charge is 2.14. The van der Waals surface area contributed by atoms with Gasteiger partial charge in [0.1, 0.15) is 0 Å². The van der Waals surface area contributed by atoms with Crippen LogP contribution in [0.25, 0.3) is 0 Å². The zero-order valence-corrected chi connectivity index (χ0v) is 11.4. The Morgan fingerprint density at radius 1 is 1.42 bits per heavy atom. The highest BCUT2D eigenvalue weighted by molar-refractivity contribution is 5.79. The number of guanidine groups is 1. The molecule has 1 aromatic rings. The molecule has 0 radical (unpaired) electrons. The predicted octanol–water partition coefficient (Wildman–Crippen LogP) is 0.662. The molecule has 0 unspecified atom stereocenters. The fourth-order valence-electron chi connectivity index (χ4n) is 2.28. The van der Waals surface area contributed by atoms with E-state index in [2.05, 4.69) is 25.9 Å². The highest BCUT2D eigenvalue weighted by Crippen LogP contribution is 2.17. The maximum absolute atomic E-state index is 5.48. The largest absolute Gasteiger partial charge is 0.353 e. The fraction of sp³-hybridized carbons (Fsp3) is 0.750. The summed E-state index contributed by atoms with van der Waals surface area (Å²) in [5.41, 5.74) is 2.62. The highest BCUT2D eigenvalue weighted by atomic mass is 16.5. The standard InChI is InChI=1S/C12H22N6O/c1-9-15-11(18-19-9)7-8-14-12(17-13)16-10-5-3-2-4-6-10/h10H,2-8,13H2,1H3,(H2,14,16,17). The first-order valence-electron chi connectivity index (χ1n) is 6.84. The quantitative estimate of drug-likeness (QED) is 0.320. The first-order chi connectivity index (χ1) is 9.28. The van der Waals surface area contributed by atoms with Crippen LogP contribution in [0, 0.1) is 6.92 Å². The number of rotatable bonds is 4. The molecule has 2 rings (SSSR count). The average Bonchev–Trinajstić information content (AvgIpc) is 2.84. The monoisotopic (exact) mass is 266 g/mol. The third-order valence-corrected chi connectivity index (χ3v) is 3.26. The van der Waals surface area contributed by atoms with E-state index >= 15 is 0 Å². The van der Waals surface area contributed by atoms with Crippen molar-refractivity contribution < 1.29 is 4.52 Å². The van der Waals surface area contributed by atoms with Gasteiger partial charge in [-0.25, -0.2) is 5.84 Å².